The molecule has 94 valence electrons. The lowest BCUT2D eigenvalue weighted by Crippen LogP contribution is -2.25. The molecule has 0 amide bonds. The van der Waals surface area contributed by atoms with Crippen molar-refractivity contribution in [3.05, 3.63) is 34.9 Å². The van der Waals surface area contributed by atoms with Crippen molar-refractivity contribution in [3.8, 4) is 0 Å². The van der Waals surface area contributed by atoms with Gasteiger partial charge in [-0.1, -0.05) is 31.0 Å². The summed E-state index contributed by atoms with van der Waals surface area (Å²) in [6, 6.07) is 7.73. The Morgan fingerprint density at radius 3 is 2.53 bits per heavy atom. The smallest absolute Gasteiger partial charge is 0.00698 e. The lowest BCUT2D eigenvalue weighted by atomic mass is 9.88. The van der Waals surface area contributed by atoms with E-state index >= 15 is 0 Å². The fourth-order valence-corrected chi connectivity index (χ4v) is 2.94. The first-order valence-corrected chi connectivity index (χ1v) is 6.95. The summed E-state index contributed by atoms with van der Waals surface area (Å²) in [5.41, 5.74) is 4.40. The molecule has 0 saturated heterocycles. The van der Waals surface area contributed by atoms with Gasteiger partial charge in [-0.05, 0) is 62.8 Å². The average Bonchev–Trinajstić information content (AvgIpc) is 2.58. The summed E-state index contributed by atoms with van der Waals surface area (Å²) in [6.45, 7) is 4.42. The third kappa shape index (κ3) is 3.10. The molecule has 1 heteroatoms. The molecular formula is C16H25N. The van der Waals surface area contributed by atoms with Gasteiger partial charge in [-0.15, -0.1) is 0 Å². The second-order valence-electron chi connectivity index (χ2n) is 5.55. The van der Waals surface area contributed by atoms with Gasteiger partial charge in [0.15, 0.2) is 0 Å². The minimum atomic E-state index is 0.712. The van der Waals surface area contributed by atoms with E-state index < -0.39 is 0 Å². The van der Waals surface area contributed by atoms with Gasteiger partial charge in [-0.25, -0.2) is 0 Å². The lowest BCUT2D eigenvalue weighted by molar-refractivity contribution is 0.471. The van der Waals surface area contributed by atoms with Crippen molar-refractivity contribution in [2.75, 3.05) is 7.05 Å². The van der Waals surface area contributed by atoms with Gasteiger partial charge >= 0.3 is 0 Å². The molecule has 1 aliphatic rings. The molecule has 0 bridgehead atoms. The number of aryl methyl sites for hydroxylation is 2. The predicted octanol–water partition coefficient (Wildman–Crippen LogP) is 3.94. The van der Waals surface area contributed by atoms with E-state index in [9.17, 15) is 0 Å². The normalized spacial score (nSPS) is 25.6. The van der Waals surface area contributed by atoms with E-state index in [2.05, 4.69) is 44.4 Å². The summed E-state index contributed by atoms with van der Waals surface area (Å²) >= 11 is 0. The third-order valence-corrected chi connectivity index (χ3v) is 4.33. The average molecular weight is 231 g/mol. The Morgan fingerprint density at radius 1 is 1.06 bits per heavy atom. The highest BCUT2D eigenvalue weighted by molar-refractivity contribution is 5.32. The van der Waals surface area contributed by atoms with Crippen molar-refractivity contribution >= 4 is 0 Å². The highest BCUT2D eigenvalue weighted by Gasteiger charge is 2.20. The van der Waals surface area contributed by atoms with Gasteiger partial charge < -0.3 is 5.32 Å². The number of hydrogen-bond acceptors (Lipinski definition) is 1. The van der Waals surface area contributed by atoms with Crippen LogP contribution in [0.4, 0.5) is 0 Å². The summed E-state index contributed by atoms with van der Waals surface area (Å²) in [4.78, 5) is 0. The number of nitrogens with one attached hydrogen (secondary N) is 1. The highest BCUT2D eigenvalue weighted by atomic mass is 14.9. The van der Waals surface area contributed by atoms with Crippen molar-refractivity contribution in [1.29, 1.82) is 0 Å². The van der Waals surface area contributed by atoms with Crippen LogP contribution in [-0.4, -0.2) is 13.1 Å². The maximum absolute atomic E-state index is 3.47. The molecule has 0 aromatic heterocycles. The van der Waals surface area contributed by atoms with Gasteiger partial charge in [-0.2, -0.15) is 0 Å². The Kier molecular flexibility index (Phi) is 4.22. The monoisotopic (exact) mass is 231 g/mol. The van der Waals surface area contributed by atoms with Crippen molar-refractivity contribution in [1.82, 2.24) is 5.32 Å². The topological polar surface area (TPSA) is 12.0 Å². The summed E-state index contributed by atoms with van der Waals surface area (Å²) in [5, 5.41) is 3.47. The van der Waals surface area contributed by atoms with Crippen molar-refractivity contribution < 1.29 is 0 Å². The van der Waals surface area contributed by atoms with Crippen LogP contribution < -0.4 is 5.32 Å². The molecule has 1 fully saturated rings. The third-order valence-electron chi connectivity index (χ3n) is 4.33. The fourth-order valence-electron chi connectivity index (χ4n) is 2.94. The minimum Gasteiger partial charge on any atom is -0.317 e. The molecule has 1 N–H and O–H groups in total. The molecule has 0 heterocycles. The van der Waals surface area contributed by atoms with E-state index in [1.807, 2.05) is 0 Å². The molecule has 0 aliphatic heterocycles. The maximum atomic E-state index is 3.47. The van der Waals surface area contributed by atoms with Crippen LogP contribution in [0.15, 0.2) is 18.2 Å². The zero-order valence-electron chi connectivity index (χ0n) is 11.4. The second kappa shape index (κ2) is 5.68. The van der Waals surface area contributed by atoms with E-state index in [4.69, 9.17) is 0 Å². The molecule has 1 nitrogen and oxygen atoms in total. The summed E-state index contributed by atoms with van der Waals surface area (Å²) in [5.74, 6) is 0.759. The fraction of sp³-hybridized carbons (Fsp3) is 0.625. The lowest BCUT2D eigenvalue weighted by Gasteiger charge is -2.20. The van der Waals surface area contributed by atoms with Gasteiger partial charge in [0.2, 0.25) is 0 Å². The Hall–Kier alpha value is -0.820. The molecular weight excluding hydrogens is 206 g/mol. The highest BCUT2D eigenvalue weighted by Crippen LogP contribution is 2.32. The summed E-state index contributed by atoms with van der Waals surface area (Å²) in [7, 11) is 2.10. The summed E-state index contributed by atoms with van der Waals surface area (Å²) < 4.78 is 0. The van der Waals surface area contributed by atoms with Gasteiger partial charge in [0.25, 0.3) is 0 Å². The van der Waals surface area contributed by atoms with Gasteiger partial charge in [0.05, 0.1) is 0 Å². The number of rotatable bonds is 2. The quantitative estimate of drug-likeness (QED) is 0.760. The van der Waals surface area contributed by atoms with Crippen LogP contribution in [0.5, 0.6) is 0 Å². The molecule has 17 heavy (non-hydrogen) atoms. The Bertz CT molecular complexity index is 370. The molecule has 0 radical (unpaired) electrons. The van der Waals surface area contributed by atoms with Gasteiger partial charge in [0, 0.05) is 6.04 Å². The first-order chi connectivity index (χ1) is 8.20. The van der Waals surface area contributed by atoms with E-state index in [-0.39, 0.29) is 0 Å². The Labute approximate surface area is 106 Å². The van der Waals surface area contributed by atoms with Crippen LogP contribution >= 0.6 is 0 Å². The van der Waals surface area contributed by atoms with Crippen molar-refractivity contribution in [2.45, 2.75) is 57.9 Å². The SMILES string of the molecule is CNC1CCCCC(c2ccc(C)c(C)c2)C1. The predicted molar refractivity (Wildman–Crippen MR) is 74.6 cm³/mol. The minimum absolute atomic E-state index is 0.712. The molecule has 1 aromatic rings. The molecule has 2 rings (SSSR count). The molecule has 1 aliphatic carbocycles. The van der Waals surface area contributed by atoms with Crippen LogP contribution in [0.3, 0.4) is 0 Å². The van der Waals surface area contributed by atoms with E-state index in [0.717, 1.165) is 5.92 Å². The van der Waals surface area contributed by atoms with Crippen LogP contribution in [-0.2, 0) is 0 Å². The summed E-state index contributed by atoms with van der Waals surface area (Å²) in [6.07, 6.45) is 6.78. The zero-order valence-corrected chi connectivity index (χ0v) is 11.4. The second-order valence-corrected chi connectivity index (χ2v) is 5.55. The molecule has 2 atom stereocenters. The molecule has 0 spiro atoms. The molecule has 1 saturated carbocycles. The number of benzene rings is 1. The van der Waals surface area contributed by atoms with Crippen LogP contribution in [0.2, 0.25) is 0 Å². The van der Waals surface area contributed by atoms with Gasteiger partial charge in [-0.3, -0.25) is 0 Å². The van der Waals surface area contributed by atoms with Crippen molar-refractivity contribution in [3.63, 3.8) is 0 Å². The first kappa shape index (κ1) is 12.6. The standard InChI is InChI=1S/C16H25N/c1-12-8-9-15(10-13(12)2)14-6-4-5-7-16(11-14)17-3/h8-10,14,16-17H,4-7,11H2,1-3H3. The van der Waals surface area contributed by atoms with Gasteiger partial charge in [0.1, 0.15) is 0 Å². The Balaban J connectivity index is 2.16. The van der Waals surface area contributed by atoms with Crippen molar-refractivity contribution in [2.24, 2.45) is 0 Å². The van der Waals surface area contributed by atoms with Crippen LogP contribution in [0.1, 0.15) is 54.7 Å². The number of hydrogen-bond donors (Lipinski definition) is 1. The van der Waals surface area contributed by atoms with E-state index in [1.165, 1.54) is 43.2 Å². The van der Waals surface area contributed by atoms with Crippen LogP contribution in [0.25, 0.3) is 0 Å². The maximum Gasteiger partial charge on any atom is 0.00698 e. The molecule has 2 unspecified atom stereocenters. The molecule has 1 aromatic carbocycles. The largest absolute Gasteiger partial charge is 0.317 e. The zero-order chi connectivity index (χ0) is 12.3. The van der Waals surface area contributed by atoms with E-state index in [0.29, 0.717) is 6.04 Å². The first-order valence-electron chi connectivity index (χ1n) is 6.95. The van der Waals surface area contributed by atoms with Crippen LogP contribution in [0, 0.1) is 13.8 Å². The Morgan fingerprint density at radius 2 is 1.82 bits per heavy atom. The van der Waals surface area contributed by atoms with E-state index in [1.54, 1.807) is 5.56 Å².